The molecule has 0 aromatic rings. The Balaban J connectivity index is 1.89. The highest BCUT2D eigenvalue weighted by Crippen LogP contribution is 2.13. The largest absolute Gasteiger partial charge is 0.411 e. The first-order valence-corrected chi connectivity index (χ1v) is 5.37. The molecule has 1 aliphatic heterocycles. The van der Waals surface area contributed by atoms with Gasteiger partial charge in [-0.25, -0.2) is 4.79 Å². The molecule has 17 heavy (non-hydrogen) atoms. The van der Waals surface area contributed by atoms with Gasteiger partial charge in [0.05, 0.1) is 6.61 Å². The summed E-state index contributed by atoms with van der Waals surface area (Å²) < 4.78 is 39.5. The van der Waals surface area contributed by atoms with Crippen LogP contribution in [0.25, 0.3) is 0 Å². The van der Waals surface area contributed by atoms with E-state index in [9.17, 15) is 18.0 Å². The highest BCUT2D eigenvalue weighted by atomic mass is 19.4. The Morgan fingerprint density at radius 1 is 1.41 bits per heavy atom. The summed E-state index contributed by atoms with van der Waals surface area (Å²) in [4.78, 5) is 12.7. The lowest BCUT2D eigenvalue weighted by Crippen LogP contribution is -2.35. The molecule has 0 unspecified atom stereocenters. The fraction of sp³-hybridized carbons (Fsp3) is 0.889. The Morgan fingerprint density at radius 3 is 2.76 bits per heavy atom. The Morgan fingerprint density at radius 2 is 2.18 bits per heavy atom. The Bertz CT molecular complexity index is 248. The number of hydrogen-bond acceptors (Lipinski definition) is 3. The molecule has 0 saturated carbocycles. The van der Waals surface area contributed by atoms with Crippen LogP contribution < -0.4 is 10.6 Å². The van der Waals surface area contributed by atoms with Gasteiger partial charge in [-0.15, -0.1) is 0 Å². The molecule has 2 amide bonds. The fourth-order valence-corrected chi connectivity index (χ4v) is 1.40. The smallest absolute Gasteiger partial charge is 0.371 e. The zero-order chi connectivity index (χ0) is 12.7. The summed E-state index contributed by atoms with van der Waals surface area (Å²) in [7, 11) is 0. The molecule has 1 aliphatic rings. The first-order chi connectivity index (χ1) is 7.99. The second-order valence-corrected chi connectivity index (χ2v) is 3.64. The van der Waals surface area contributed by atoms with E-state index in [1.165, 1.54) is 0 Å². The maximum absolute atomic E-state index is 11.7. The number of alkyl halides is 3. The van der Waals surface area contributed by atoms with E-state index in [-0.39, 0.29) is 12.6 Å². The van der Waals surface area contributed by atoms with Crippen molar-refractivity contribution < 1.29 is 22.7 Å². The molecule has 0 radical (unpaired) electrons. The molecule has 0 aliphatic carbocycles. The highest BCUT2D eigenvalue weighted by molar-refractivity contribution is 5.76. The Hall–Kier alpha value is -1.02. The van der Waals surface area contributed by atoms with Gasteiger partial charge in [0, 0.05) is 32.7 Å². The van der Waals surface area contributed by atoms with Crippen molar-refractivity contribution in [1.82, 2.24) is 15.5 Å². The van der Waals surface area contributed by atoms with Gasteiger partial charge in [-0.3, -0.25) is 0 Å². The number of halogens is 3. The van der Waals surface area contributed by atoms with E-state index in [4.69, 9.17) is 0 Å². The van der Waals surface area contributed by atoms with Gasteiger partial charge in [0.25, 0.3) is 0 Å². The minimum Gasteiger partial charge on any atom is -0.371 e. The third-order valence-corrected chi connectivity index (χ3v) is 2.19. The lowest BCUT2D eigenvalue weighted by Gasteiger charge is -2.14. The molecule has 0 aromatic heterocycles. The van der Waals surface area contributed by atoms with Gasteiger partial charge in [-0.2, -0.15) is 13.2 Å². The number of nitrogens with one attached hydrogen (secondary N) is 2. The number of hydrogen-bond donors (Lipinski definition) is 2. The SMILES string of the molecule is O=C1NCCN1CCNCCOCC(F)(F)F. The van der Waals surface area contributed by atoms with Crippen LogP contribution in [0.5, 0.6) is 0 Å². The molecule has 8 heteroatoms. The van der Waals surface area contributed by atoms with E-state index < -0.39 is 12.8 Å². The van der Waals surface area contributed by atoms with Crippen molar-refractivity contribution in [3.8, 4) is 0 Å². The molecule has 1 saturated heterocycles. The van der Waals surface area contributed by atoms with Crippen LogP contribution in [0.2, 0.25) is 0 Å². The lowest BCUT2D eigenvalue weighted by atomic mass is 10.5. The van der Waals surface area contributed by atoms with Crippen LogP contribution >= 0.6 is 0 Å². The van der Waals surface area contributed by atoms with Crippen LogP contribution in [0, 0.1) is 0 Å². The summed E-state index contributed by atoms with van der Waals surface area (Å²) in [5.41, 5.74) is 0. The third kappa shape index (κ3) is 6.32. The summed E-state index contributed by atoms with van der Waals surface area (Å²) in [6.07, 6.45) is -4.27. The molecule has 0 aromatic carbocycles. The van der Waals surface area contributed by atoms with Crippen LogP contribution in [0.1, 0.15) is 0 Å². The summed E-state index contributed by atoms with van der Waals surface area (Å²) in [5, 5.41) is 5.56. The van der Waals surface area contributed by atoms with Gasteiger partial charge >= 0.3 is 12.2 Å². The molecular formula is C9H16F3N3O2. The standard InChI is InChI=1S/C9H16F3N3O2/c10-9(11,12)7-17-6-3-13-1-4-15-5-2-14-8(15)16/h13H,1-7H2,(H,14,16). The molecule has 0 atom stereocenters. The molecule has 100 valence electrons. The number of ether oxygens (including phenoxy) is 1. The van der Waals surface area contributed by atoms with E-state index in [1.807, 2.05) is 0 Å². The monoisotopic (exact) mass is 255 g/mol. The Labute approximate surface area is 97.3 Å². The second-order valence-electron chi connectivity index (χ2n) is 3.64. The summed E-state index contributed by atoms with van der Waals surface area (Å²) in [6.45, 7) is 1.53. The van der Waals surface area contributed by atoms with E-state index in [1.54, 1.807) is 4.90 Å². The van der Waals surface area contributed by atoms with Crippen LogP contribution in [0.4, 0.5) is 18.0 Å². The van der Waals surface area contributed by atoms with Crippen molar-refractivity contribution in [2.45, 2.75) is 6.18 Å². The van der Waals surface area contributed by atoms with Crippen molar-refractivity contribution >= 4 is 6.03 Å². The molecule has 1 heterocycles. The van der Waals surface area contributed by atoms with E-state index in [0.717, 1.165) is 0 Å². The molecule has 0 spiro atoms. The molecule has 1 fully saturated rings. The van der Waals surface area contributed by atoms with Gasteiger partial charge < -0.3 is 20.3 Å². The van der Waals surface area contributed by atoms with Gasteiger partial charge in [0.2, 0.25) is 0 Å². The van der Waals surface area contributed by atoms with Crippen LogP contribution in [0.3, 0.4) is 0 Å². The predicted octanol–water partition coefficient (Wildman–Crippen LogP) is 0.180. The number of carbonyl (C=O) groups is 1. The number of amides is 2. The Kier molecular flexibility index (Phi) is 5.49. The minimum absolute atomic E-state index is 0.00566. The molecule has 0 bridgehead atoms. The minimum atomic E-state index is -4.27. The zero-order valence-corrected chi connectivity index (χ0v) is 9.35. The summed E-state index contributed by atoms with van der Waals surface area (Å²) in [5.74, 6) is 0. The van der Waals surface area contributed by atoms with Crippen molar-refractivity contribution in [2.24, 2.45) is 0 Å². The van der Waals surface area contributed by atoms with Crippen LogP contribution in [-0.2, 0) is 4.74 Å². The molecule has 2 N–H and O–H groups in total. The summed E-state index contributed by atoms with van der Waals surface area (Å²) in [6, 6.07) is -0.0971. The normalized spacial score (nSPS) is 16.4. The van der Waals surface area contributed by atoms with E-state index >= 15 is 0 Å². The quantitative estimate of drug-likeness (QED) is 0.638. The van der Waals surface area contributed by atoms with Crippen molar-refractivity contribution in [1.29, 1.82) is 0 Å². The lowest BCUT2D eigenvalue weighted by molar-refractivity contribution is -0.173. The van der Waals surface area contributed by atoms with E-state index in [2.05, 4.69) is 15.4 Å². The number of nitrogens with zero attached hydrogens (tertiary/aromatic N) is 1. The number of urea groups is 1. The maximum atomic E-state index is 11.7. The highest BCUT2D eigenvalue weighted by Gasteiger charge is 2.27. The van der Waals surface area contributed by atoms with Gasteiger partial charge in [-0.1, -0.05) is 0 Å². The maximum Gasteiger partial charge on any atom is 0.411 e. The molecule has 5 nitrogen and oxygen atoms in total. The predicted molar refractivity (Wildman–Crippen MR) is 54.7 cm³/mol. The van der Waals surface area contributed by atoms with E-state index in [0.29, 0.717) is 32.7 Å². The van der Waals surface area contributed by atoms with Gasteiger partial charge in [0.15, 0.2) is 0 Å². The third-order valence-electron chi connectivity index (χ3n) is 2.19. The average molecular weight is 255 g/mol. The van der Waals surface area contributed by atoms with Gasteiger partial charge in [0.1, 0.15) is 6.61 Å². The van der Waals surface area contributed by atoms with Crippen LogP contribution in [-0.4, -0.2) is 63.0 Å². The second kappa shape index (κ2) is 6.65. The molecular weight excluding hydrogens is 239 g/mol. The van der Waals surface area contributed by atoms with Crippen LogP contribution in [0.15, 0.2) is 0 Å². The topological polar surface area (TPSA) is 53.6 Å². The fourth-order valence-electron chi connectivity index (χ4n) is 1.40. The average Bonchev–Trinajstić information content (AvgIpc) is 2.61. The first kappa shape index (κ1) is 14.0. The number of carbonyl (C=O) groups excluding carboxylic acids is 1. The molecule has 1 rings (SSSR count). The summed E-state index contributed by atoms with van der Waals surface area (Å²) >= 11 is 0. The van der Waals surface area contributed by atoms with Crippen molar-refractivity contribution in [3.05, 3.63) is 0 Å². The van der Waals surface area contributed by atoms with Gasteiger partial charge in [-0.05, 0) is 0 Å². The number of rotatable bonds is 7. The zero-order valence-electron chi connectivity index (χ0n) is 9.35. The first-order valence-electron chi connectivity index (χ1n) is 5.37. The van der Waals surface area contributed by atoms with Crippen molar-refractivity contribution in [2.75, 3.05) is 45.9 Å². The van der Waals surface area contributed by atoms with Crippen molar-refractivity contribution in [3.63, 3.8) is 0 Å².